The van der Waals surface area contributed by atoms with Crippen molar-refractivity contribution in [3.63, 3.8) is 0 Å². The van der Waals surface area contributed by atoms with Crippen molar-refractivity contribution in [3.8, 4) is 11.4 Å². The lowest BCUT2D eigenvalue weighted by Crippen LogP contribution is -2.42. The number of rotatable bonds is 6. The van der Waals surface area contributed by atoms with E-state index < -0.39 is 0 Å². The monoisotopic (exact) mass is 404 g/mol. The number of carbonyl (C=O) groups is 2. The molecular weight excluding hydrogens is 388 g/mol. The Labute approximate surface area is 163 Å². The summed E-state index contributed by atoms with van der Waals surface area (Å²) < 4.78 is 6.86. The number of aromatic nitrogens is 4. The molecule has 0 atom stereocenters. The first-order chi connectivity index (χ1) is 13.1. The van der Waals surface area contributed by atoms with E-state index in [9.17, 15) is 9.59 Å². The van der Waals surface area contributed by atoms with Crippen LogP contribution in [0.15, 0.2) is 40.9 Å². The van der Waals surface area contributed by atoms with Crippen LogP contribution in [0.1, 0.15) is 15.2 Å². The van der Waals surface area contributed by atoms with E-state index in [1.807, 2.05) is 25.1 Å². The minimum atomic E-state index is -0.379. The van der Waals surface area contributed by atoms with Gasteiger partial charge in [0.1, 0.15) is 11.4 Å². The lowest BCUT2D eigenvalue weighted by atomic mass is 10.2. The van der Waals surface area contributed by atoms with Crippen LogP contribution in [0.3, 0.4) is 0 Å². The summed E-state index contributed by atoms with van der Waals surface area (Å²) in [5.41, 5.74) is 6.43. The number of hydrogen-bond acceptors (Lipinski definition) is 8. The van der Waals surface area contributed by atoms with Crippen LogP contribution in [0.25, 0.3) is 5.69 Å². The number of carbonyl (C=O) groups excluding carboxylic acids is 2. The zero-order valence-electron chi connectivity index (χ0n) is 14.5. The van der Waals surface area contributed by atoms with E-state index in [2.05, 4.69) is 26.4 Å². The van der Waals surface area contributed by atoms with Crippen molar-refractivity contribution in [1.82, 2.24) is 31.1 Å². The molecule has 2 amide bonds. The smallest absolute Gasteiger partial charge is 0.279 e. The molecule has 0 aliphatic rings. The van der Waals surface area contributed by atoms with Crippen LogP contribution in [-0.4, -0.2) is 44.9 Å². The van der Waals surface area contributed by atoms with Gasteiger partial charge in [0, 0.05) is 0 Å². The molecule has 0 aliphatic carbocycles. The zero-order chi connectivity index (χ0) is 19.2. The fourth-order valence-corrected chi connectivity index (χ4v) is 3.45. The lowest BCUT2D eigenvalue weighted by Gasteiger charge is -2.10. The third-order valence-electron chi connectivity index (χ3n) is 3.40. The maximum absolute atomic E-state index is 12.0. The van der Waals surface area contributed by atoms with Crippen LogP contribution in [-0.2, 0) is 4.79 Å². The summed E-state index contributed by atoms with van der Waals surface area (Å²) in [5, 5.41) is 13.8. The average molecular weight is 404 g/mol. The second-order valence-corrected chi connectivity index (χ2v) is 7.21. The predicted octanol–water partition coefficient (Wildman–Crippen LogP) is 1.59. The highest BCUT2D eigenvalue weighted by Gasteiger charge is 2.15. The standard InChI is InChI=1S/C16H16N6O3S2/c1-10-5-6-12(25-2)11(8-10)22-16(19-20-21-22)27-9-14(23)17-18-15(24)13-4-3-7-26-13/h3-8H,9H2,1-2H3,(H,17,23)(H,18,24). The first-order valence-corrected chi connectivity index (χ1v) is 9.64. The molecule has 0 bridgehead atoms. The Balaban J connectivity index is 1.61. The fourth-order valence-electron chi connectivity index (χ4n) is 2.15. The first-order valence-electron chi connectivity index (χ1n) is 7.77. The number of ether oxygens (including phenoxy) is 1. The van der Waals surface area contributed by atoms with Gasteiger partial charge in [-0.2, -0.15) is 4.68 Å². The third-order valence-corrected chi connectivity index (χ3v) is 5.18. The Kier molecular flexibility index (Phi) is 6.04. The number of benzene rings is 1. The highest BCUT2D eigenvalue weighted by atomic mass is 32.2. The third kappa shape index (κ3) is 4.63. The van der Waals surface area contributed by atoms with Gasteiger partial charge in [0.2, 0.25) is 11.1 Å². The van der Waals surface area contributed by atoms with Crippen molar-refractivity contribution >= 4 is 34.9 Å². The molecule has 2 aromatic heterocycles. The summed E-state index contributed by atoms with van der Waals surface area (Å²) in [5.74, 6) is -0.102. The van der Waals surface area contributed by atoms with Gasteiger partial charge in [-0.15, -0.1) is 16.4 Å². The summed E-state index contributed by atoms with van der Waals surface area (Å²) in [6.07, 6.45) is 0. The maximum atomic E-state index is 12.0. The van der Waals surface area contributed by atoms with Crippen molar-refractivity contribution in [2.45, 2.75) is 12.1 Å². The zero-order valence-corrected chi connectivity index (χ0v) is 16.1. The molecule has 9 nitrogen and oxygen atoms in total. The van der Waals surface area contributed by atoms with Crippen molar-refractivity contribution in [3.05, 3.63) is 46.2 Å². The van der Waals surface area contributed by atoms with E-state index in [4.69, 9.17) is 4.74 Å². The number of hydrogen-bond donors (Lipinski definition) is 2. The number of nitrogens with one attached hydrogen (secondary N) is 2. The van der Waals surface area contributed by atoms with Crippen LogP contribution in [0, 0.1) is 6.92 Å². The number of hydrazine groups is 1. The van der Waals surface area contributed by atoms with E-state index >= 15 is 0 Å². The van der Waals surface area contributed by atoms with Gasteiger partial charge in [-0.05, 0) is 46.5 Å². The van der Waals surface area contributed by atoms with E-state index in [1.165, 1.54) is 16.0 Å². The molecule has 3 aromatic rings. The molecule has 0 radical (unpaired) electrons. The number of aryl methyl sites for hydroxylation is 1. The van der Waals surface area contributed by atoms with E-state index in [1.54, 1.807) is 24.6 Å². The molecule has 1 aromatic carbocycles. The summed E-state index contributed by atoms with van der Waals surface area (Å²) in [4.78, 5) is 24.3. The van der Waals surface area contributed by atoms with Crippen LogP contribution in [0.2, 0.25) is 0 Å². The number of amides is 2. The molecule has 0 saturated heterocycles. The minimum Gasteiger partial charge on any atom is -0.494 e. The van der Waals surface area contributed by atoms with Crippen LogP contribution in [0.4, 0.5) is 0 Å². The minimum absolute atomic E-state index is 0.0270. The van der Waals surface area contributed by atoms with Crippen molar-refractivity contribution in [2.75, 3.05) is 12.9 Å². The number of methoxy groups -OCH3 is 1. The fraction of sp³-hybridized carbons (Fsp3) is 0.188. The van der Waals surface area contributed by atoms with Gasteiger partial charge in [0.15, 0.2) is 0 Å². The normalized spacial score (nSPS) is 10.4. The summed E-state index contributed by atoms with van der Waals surface area (Å²) >= 11 is 2.43. The number of nitrogens with zero attached hydrogens (tertiary/aromatic N) is 4. The second kappa shape index (κ2) is 8.64. The molecule has 0 fully saturated rings. The van der Waals surface area contributed by atoms with Crippen molar-refractivity contribution in [1.29, 1.82) is 0 Å². The molecule has 0 aliphatic heterocycles. The van der Waals surface area contributed by atoms with Gasteiger partial charge in [0.25, 0.3) is 5.91 Å². The van der Waals surface area contributed by atoms with Crippen LogP contribution < -0.4 is 15.6 Å². The topological polar surface area (TPSA) is 111 Å². The van der Waals surface area contributed by atoms with Gasteiger partial charge in [-0.25, -0.2) is 0 Å². The Hall–Kier alpha value is -2.92. The SMILES string of the molecule is COc1ccc(C)cc1-n1nnnc1SCC(=O)NNC(=O)c1cccs1. The molecule has 2 heterocycles. The van der Waals surface area contributed by atoms with E-state index in [-0.39, 0.29) is 17.6 Å². The Morgan fingerprint density at radius 2 is 2.15 bits per heavy atom. The Morgan fingerprint density at radius 1 is 1.30 bits per heavy atom. The van der Waals surface area contributed by atoms with E-state index in [0.29, 0.717) is 21.5 Å². The van der Waals surface area contributed by atoms with Crippen molar-refractivity contribution in [2.24, 2.45) is 0 Å². The highest BCUT2D eigenvalue weighted by molar-refractivity contribution is 7.99. The average Bonchev–Trinajstić information content (AvgIpc) is 3.36. The molecule has 2 N–H and O–H groups in total. The van der Waals surface area contributed by atoms with Gasteiger partial charge >= 0.3 is 0 Å². The maximum Gasteiger partial charge on any atom is 0.279 e. The molecule has 0 unspecified atom stereocenters. The van der Waals surface area contributed by atoms with Gasteiger partial charge in [-0.1, -0.05) is 23.9 Å². The summed E-state index contributed by atoms with van der Waals surface area (Å²) in [6.45, 7) is 1.95. The molecule has 11 heteroatoms. The number of tetrazole rings is 1. The van der Waals surface area contributed by atoms with Crippen LogP contribution in [0.5, 0.6) is 5.75 Å². The number of thioether (sulfide) groups is 1. The largest absolute Gasteiger partial charge is 0.494 e. The van der Waals surface area contributed by atoms with Crippen molar-refractivity contribution < 1.29 is 14.3 Å². The quantitative estimate of drug-likeness (QED) is 0.474. The Morgan fingerprint density at radius 3 is 2.89 bits per heavy atom. The van der Waals surface area contributed by atoms with E-state index in [0.717, 1.165) is 17.3 Å². The second-order valence-electron chi connectivity index (χ2n) is 5.32. The molecular formula is C16H16N6O3S2. The van der Waals surface area contributed by atoms with Gasteiger partial charge in [-0.3, -0.25) is 20.4 Å². The molecule has 0 spiro atoms. The van der Waals surface area contributed by atoms with Gasteiger partial charge < -0.3 is 4.74 Å². The first kappa shape index (κ1) is 18.9. The molecule has 3 rings (SSSR count). The Bertz CT molecular complexity index is 942. The van der Waals surface area contributed by atoms with Gasteiger partial charge in [0.05, 0.1) is 17.7 Å². The highest BCUT2D eigenvalue weighted by Crippen LogP contribution is 2.26. The number of thiophene rings is 1. The van der Waals surface area contributed by atoms with Crippen LogP contribution >= 0.6 is 23.1 Å². The molecule has 27 heavy (non-hydrogen) atoms. The molecule has 140 valence electrons. The summed E-state index contributed by atoms with van der Waals surface area (Å²) in [7, 11) is 1.56. The predicted molar refractivity (Wildman–Crippen MR) is 101 cm³/mol. The molecule has 0 saturated carbocycles. The summed E-state index contributed by atoms with van der Waals surface area (Å²) in [6, 6.07) is 9.07. The lowest BCUT2D eigenvalue weighted by molar-refractivity contribution is -0.119.